The minimum absolute atomic E-state index is 0.0487. The molecular weight excluding hydrogens is 256 g/mol. The van der Waals surface area contributed by atoms with Gasteiger partial charge in [0.15, 0.2) is 0 Å². The van der Waals surface area contributed by atoms with Crippen LogP contribution in [0.25, 0.3) is 0 Å². The molecule has 0 radical (unpaired) electrons. The quantitative estimate of drug-likeness (QED) is 0.769. The molecule has 1 aromatic rings. The van der Waals surface area contributed by atoms with Crippen molar-refractivity contribution in [3.8, 4) is 5.75 Å². The zero-order valence-electron chi connectivity index (χ0n) is 9.43. The van der Waals surface area contributed by atoms with Gasteiger partial charge in [-0.15, -0.1) is 0 Å². The maximum Gasteiger partial charge on any atom is 0.150 e. The highest BCUT2D eigenvalue weighted by Crippen LogP contribution is 2.37. The number of carbonyl (C=O) groups excluding carboxylic acids is 1. The Labute approximate surface area is 98.8 Å². The summed E-state index contributed by atoms with van der Waals surface area (Å²) in [4.78, 5) is 10.8. The summed E-state index contributed by atoms with van der Waals surface area (Å²) in [5, 5.41) is 0. The lowest BCUT2D eigenvalue weighted by Crippen LogP contribution is -2.13. The maximum absolute atomic E-state index is 10.8. The number of rotatable bonds is 2. The Morgan fingerprint density at radius 1 is 1.33 bits per heavy atom. The summed E-state index contributed by atoms with van der Waals surface area (Å²) in [6.07, 6.45) is 0.847. The largest absolute Gasteiger partial charge is 0.495 e. The van der Waals surface area contributed by atoms with Crippen LogP contribution in [0.1, 0.15) is 36.7 Å². The van der Waals surface area contributed by atoms with Crippen LogP contribution in [0.15, 0.2) is 16.6 Å². The van der Waals surface area contributed by atoms with Gasteiger partial charge >= 0.3 is 0 Å². The van der Waals surface area contributed by atoms with Crippen molar-refractivity contribution in [1.29, 1.82) is 0 Å². The van der Waals surface area contributed by atoms with Crippen LogP contribution in [0.2, 0.25) is 0 Å². The van der Waals surface area contributed by atoms with E-state index in [1.165, 1.54) is 0 Å². The molecule has 0 bridgehead atoms. The molecule has 0 spiro atoms. The Kier molecular flexibility index (Phi) is 3.55. The predicted octanol–water partition coefficient (Wildman–Crippen LogP) is 3.57. The molecule has 0 unspecified atom stereocenters. The number of ether oxygens (including phenoxy) is 1. The lowest BCUT2D eigenvalue weighted by atomic mass is 9.85. The van der Waals surface area contributed by atoms with Crippen LogP contribution in [0.5, 0.6) is 5.75 Å². The molecule has 0 saturated carbocycles. The SMILES string of the molecule is COc1c(Br)cc(C=O)cc1C(C)(C)C. The van der Waals surface area contributed by atoms with Crippen molar-refractivity contribution in [1.82, 2.24) is 0 Å². The third-order valence-electron chi connectivity index (χ3n) is 2.21. The summed E-state index contributed by atoms with van der Waals surface area (Å²) in [6.45, 7) is 6.27. The highest BCUT2D eigenvalue weighted by molar-refractivity contribution is 9.10. The molecule has 0 aliphatic heterocycles. The molecule has 3 heteroatoms. The number of halogens is 1. The van der Waals surface area contributed by atoms with Gasteiger partial charge in [0.2, 0.25) is 0 Å². The molecular formula is C12H15BrO2. The first-order valence-electron chi connectivity index (χ1n) is 4.73. The summed E-state index contributed by atoms with van der Waals surface area (Å²) in [6, 6.07) is 3.64. The first-order valence-corrected chi connectivity index (χ1v) is 5.52. The van der Waals surface area contributed by atoms with Gasteiger partial charge in [-0.1, -0.05) is 20.8 Å². The average molecular weight is 271 g/mol. The molecule has 0 aliphatic rings. The first-order chi connectivity index (χ1) is 6.90. The number of hydrogen-bond donors (Lipinski definition) is 0. The maximum atomic E-state index is 10.8. The molecule has 0 heterocycles. The van der Waals surface area contributed by atoms with E-state index in [0.29, 0.717) is 5.56 Å². The third-order valence-corrected chi connectivity index (χ3v) is 2.80. The Morgan fingerprint density at radius 2 is 1.93 bits per heavy atom. The first kappa shape index (κ1) is 12.2. The predicted molar refractivity (Wildman–Crippen MR) is 64.8 cm³/mol. The monoisotopic (exact) mass is 270 g/mol. The highest BCUT2D eigenvalue weighted by atomic mass is 79.9. The van der Waals surface area contributed by atoms with Gasteiger partial charge in [-0.3, -0.25) is 4.79 Å². The van der Waals surface area contributed by atoms with Gasteiger partial charge in [-0.05, 0) is 33.5 Å². The van der Waals surface area contributed by atoms with Crippen molar-refractivity contribution in [2.24, 2.45) is 0 Å². The average Bonchev–Trinajstić information content (AvgIpc) is 2.15. The lowest BCUT2D eigenvalue weighted by Gasteiger charge is -2.23. The van der Waals surface area contributed by atoms with Crippen LogP contribution in [-0.2, 0) is 5.41 Å². The molecule has 1 aromatic carbocycles. The summed E-state index contributed by atoms with van der Waals surface area (Å²) < 4.78 is 6.16. The van der Waals surface area contributed by atoms with Gasteiger partial charge in [0.25, 0.3) is 0 Å². The van der Waals surface area contributed by atoms with Gasteiger partial charge in [-0.2, -0.15) is 0 Å². The molecule has 1 rings (SSSR count). The summed E-state index contributed by atoms with van der Waals surface area (Å²) in [7, 11) is 1.63. The molecule has 0 aromatic heterocycles. The molecule has 0 atom stereocenters. The van der Waals surface area contributed by atoms with Crippen molar-refractivity contribution < 1.29 is 9.53 Å². The Balaban J connectivity index is 3.45. The second kappa shape index (κ2) is 4.35. The van der Waals surface area contributed by atoms with Gasteiger partial charge in [0, 0.05) is 11.1 Å². The second-order valence-electron chi connectivity index (χ2n) is 4.45. The fourth-order valence-electron chi connectivity index (χ4n) is 1.45. The Bertz CT molecular complexity index is 378. The topological polar surface area (TPSA) is 26.3 Å². The van der Waals surface area contributed by atoms with E-state index in [0.717, 1.165) is 22.1 Å². The van der Waals surface area contributed by atoms with Crippen molar-refractivity contribution in [3.63, 3.8) is 0 Å². The minimum Gasteiger partial charge on any atom is -0.495 e. The number of hydrogen-bond acceptors (Lipinski definition) is 2. The fourth-order valence-corrected chi connectivity index (χ4v) is 2.09. The van der Waals surface area contributed by atoms with E-state index in [-0.39, 0.29) is 5.41 Å². The molecule has 0 N–H and O–H groups in total. The Morgan fingerprint density at radius 3 is 2.33 bits per heavy atom. The smallest absolute Gasteiger partial charge is 0.150 e. The van der Waals surface area contributed by atoms with Crippen LogP contribution in [0.3, 0.4) is 0 Å². The van der Waals surface area contributed by atoms with E-state index in [1.54, 1.807) is 13.2 Å². The lowest BCUT2D eigenvalue weighted by molar-refractivity contribution is 0.112. The molecule has 15 heavy (non-hydrogen) atoms. The molecule has 0 amide bonds. The van der Waals surface area contributed by atoms with Crippen LogP contribution in [-0.4, -0.2) is 13.4 Å². The second-order valence-corrected chi connectivity index (χ2v) is 5.31. The molecule has 0 aliphatic carbocycles. The number of carbonyl (C=O) groups is 1. The third kappa shape index (κ3) is 2.59. The normalized spacial score (nSPS) is 11.3. The van der Waals surface area contributed by atoms with Crippen molar-refractivity contribution in [3.05, 3.63) is 27.7 Å². The molecule has 82 valence electrons. The van der Waals surface area contributed by atoms with Crippen molar-refractivity contribution in [2.45, 2.75) is 26.2 Å². The zero-order valence-corrected chi connectivity index (χ0v) is 11.0. The molecule has 2 nitrogen and oxygen atoms in total. The van der Waals surface area contributed by atoms with Gasteiger partial charge in [0.1, 0.15) is 12.0 Å². The fraction of sp³-hybridized carbons (Fsp3) is 0.417. The van der Waals surface area contributed by atoms with Gasteiger partial charge < -0.3 is 4.74 Å². The standard InChI is InChI=1S/C12H15BrO2/c1-12(2,3)9-5-8(7-14)6-10(13)11(9)15-4/h5-7H,1-4H3. The van der Waals surface area contributed by atoms with E-state index < -0.39 is 0 Å². The number of methoxy groups -OCH3 is 1. The summed E-state index contributed by atoms with van der Waals surface area (Å²) in [5.41, 5.74) is 1.64. The van der Waals surface area contributed by atoms with E-state index in [4.69, 9.17) is 4.74 Å². The van der Waals surface area contributed by atoms with E-state index in [1.807, 2.05) is 6.07 Å². The minimum atomic E-state index is -0.0487. The van der Waals surface area contributed by atoms with E-state index >= 15 is 0 Å². The van der Waals surface area contributed by atoms with Crippen molar-refractivity contribution in [2.75, 3.05) is 7.11 Å². The van der Waals surface area contributed by atoms with E-state index in [2.05, 4.69) is 36.7 Å². The van der Waals surface area contributed by atoms with Crippen LogP contribution in [0.4, 0.5) is 0 Å². The zero-order chi connectivity index (χ0) is 11.6. The Hall–Kier alpha value is -0.830. The van der Waals surface area contributed by atoms with Gasteiger partial charge in [0.05, 0.1) is 11.6 Å². The summed E-state index contributed by atoms with van der Waals surface area (Å²) >= 11 is 3.41. The summed E-state index contributed by atoms with van der Waals surface area (Å²) in [5.74, 6) is 0.799. The highest BCUT2D eigenvalue weighted by Gasteiger charge is 2.21. The molecule has 0 saturated heterocycles. The number of aldehydes is 1. The van der Waals surface area contributed by atoms with Gasteiger partial charge in [-0.25, -0.2) is 0 Å². The van der Waals surface area contributed by atoms with E-state index in [9.17, 15) is 4.79 Å². The van der Waals surface area contributed by atoms with Crippen LogP contribution < -0.4 is 4.74 Å². The van der Waals surface area contributed by atoms with Crippen LogP contribution in [0, 0.1) is 0 Å². The number of benzene rings is 1. The van der Waals surface area contributed by atoms with Crippen LogP contribution >= 0.6 is 15.9 Å². The van der Waals surface area contributed by atoms with Crippen molar-refractivity contribution >= 4 is 22.2 Å². The molecule has 0 fully saturated rings.